The van der Waals surface area contributed by atoms with Crippen LogP contribution in [0.2, 0.25) is 10.0 Å². The Morgan fingerprint density at radius 3 is 2.35 bits per heavy atom. The topological polar surface area (TPSA) is 98.5 Å². The number of hydrogen-bond acceptors (Lipinski definition) is 7. The predicted molar refractivity (Wildman–Crippen MR) is 127 cm³/mol. The summed E-state index contributed by atoms with van der Waals surface area (Å²) < 4.78 is 16.3. The first-order valence-corrected chi connectivity index (χ1v) is 10.8. The van der Waals surface area contributed by atoms with E-state index in [1.54, 1.807) is 62.4 Å². The molecule has 0 N–H and O–H groups in total. The third kappa shape index (κ3) is 5.66. The first-order valence-electron chi connectivity index (χ1n) is 10.1. The molecule has 1 atom stereocenters. The van der Waals surface area contributed by atoms with Crippen LogP contribution < -0.4 is 9.47 Å². The van der Waals surface area contributed by atoms with Gasteiger partial charge in [0.05, 0.1) is 13.2 Å². The molecule has 0 bridgehead atoms. The molecule has 0 spiro atoms. The van der Waals surface area contributed by atoms with Gasteiger partial charge >= 0.3 is 5.97 Å². The van der Waals surface area contributed by atoms with Gasteiger partial charge in [0.1, 0.15) is 23.0 Å². The van der Waals surface area contributed by atoms with Gasteiger partial charge in [-0.1, -0.05) is 29.3 Å². The lowest BCUT2D eigenvalue weighted by Gasteiger charge is -2.27. The standard InChI is InChI=1S/C25H20Cl2N2O5/c1-25(2,22(30)20(14-28)18-11-6-15(26)13-21(18)27)34-17-9-7-16(8-10-17)33-23-19(24(31)32-3)5-4-12-29-23/h4-13,20H,1-3H3. The van der Waals surface area contributed by atoms with E-state index in [9.17, 15) is 14.9 Å². The van der Waals surface area contributed by atoms with Crippen molar-refractivity contribution < 1.29 is 23.8 Å². The Kier molecular flexibility index (Phi) is 7.77. The van der Waals surface area contributed by atoms with Crippen molar-refractivity contribution in [1.29, 1.82) is 5.26 Å². The minimum Gasteiger partial charge on any atom is -0.480 e. The number of carbonyl (C=O) groups is 2. The maximum atomic E-state index is 13.2. The molecule has 0 saturated carbocycles. The number of pyridine rings is 1. The summed E-state index contributed by atoms with van der Waals surface area (Å²) in [6, 6.07) is 16.1. The van der Waals surface area contributed by atoms with Gasteiger partial charge in [-0.05, 0) is 67.9 Å². The van der Waals surface area contributed by atoms with Crippen molar-refractivity contribution in [3.8, 4) is 23.4 Å². The van der Waals surface area contributed by atoms with Gasteiger partial charge in [-0.2, -0.15) is 5.26 Å². The smallest absolute Gasteiger partial charge is 0.343 e. The number of nitrogens with zero attached hydrogens (tertiary/aromatic N) is 2. The number of carbonyl (C=O) groups excluding carboxylic acids is 2. The molecular formula is C25H20Cl2N2O5. The van der Waals surface area contributed by atoms with E-state index in [2.05, 4.69) is 4.98 Å². The molecule has 0 aliphatic rings. The third-order valence-electron chi connectivity index (χ3n) is 4.85. The van der Waals surface area contributed by atoms with Crippen molar-refractivity contribution in [1.82, 2.24) is 4.98 Å². The summed E-state index contributed by atoms with van der Waals surface area (Å²) >= 11 is 12.1. The molecular weight excluding hydrogens is 479 g/mol. The quantitative estimate of drug-likeness (QED) is 0.351. The Bertz CT molecular complexity index is 1250. The molecule has 3 rings (SSSR count). The number of ketones is 1. The molecule has 0 amide bonds. The number of rotatable bonds is 8. The Morgan fingerprint density at radius 2 is 1.74 bits per heavy atom. The molecule has 1 unspecified atom stereocenters. The van der Waals surface area contributed by atoms with Crippen LogP contribution in [0.3, 0.4) is 0 Å². The fourth-order valence-electron chi connectivity index (χ4n) is 3.12. The minimum atomic E-state index is -1.34. The lowest BCUT2D eigenvalue weighted by molar-refractivity contribution is -0.132. The van der Waals surface area contributed by atoms with Crippen LogP contribution in [0.25, 0.3) is 0 Å². The predicted octanol–water partition coefficient (Wildman–Crippen LogP) is 6.00. The van der Waals surface area contributed by atoms with E-state index in [0.717, 1.165) is 0 Å². The third-order valence-corrected chi connectivity index (χ3v) is 5.41. The lowest BCUT2D eigenvalue weighted by atomic mass is 9.87. The average molecular weight is 499 g/mol. The number of aromatic nitrogens is 1. The van der Waals surface area contributed by atoms with Crippen molar-refractivity contribution in [3.63, 3.8) is 0 Å². The lowest BCUT2D eigenvalue weighted by Crippen LogP contribution is -2.41. The van der Waals surface area contributed by atoms with Crippen LogP contribution in [0.15, 0.2) is 60.8 Å². The first-order chi connectivity index (χ1) is 16.2. The summed E-state index contributed by atoms with van der Waals surface area (Å²) in [6.45, 7) is 3.15. The van der Waals surface area contributed by atoms with Crippen molar-refractivity contribution in [2.45, 2.75) is 25.4 Å². The van der Waals surface area contributed by atoms with Crippen molar-refractivity contribution >= 4 is 35.0 Å². The number of Topliss-reactive ketones (excluding diaryl/α,β-unsaturated/α-hetero) is 1. The maximum absolute atomic E-state index is 13.2. The molecule has 7 nitrogen and oxygen atoms in total. The summed E-state index contributed by atoms with van der Waals surface area (Å²) in [6.07, 6.45) is 1.49. The summed E-state index contributed by atoms with van der Waals surface area (Å²) in [5.74, 6) is -1.31. The second-order valence-corrected chi connectivity index (χ2v) is 8.47. The second kappa shape index (κ2) is 10.6. The Labute approximate surface area is 206 Å². The van der Waals surface area contributed by atoms with Crippen molar-refractivity contribution in [3.05, 3.63) is 82.0 Å². The molecule has 34 heavy (non-hydrogen) atoms. The van der Waals surface area contributed by atoms with E-state index in [4.69, 9.17) is 37.4 Å². The van der Waals surface area contributed by atoms with Crippen LogP contribution in [0.1, 0.15) is 35.7 Å². The van der Waals surface area contributed by atoms with Gasteiger partial charge in [-0.3, -0.25) is 4.79 Å². The van der Waals surface area contributed by atoms with Crippen LogP contribution in [-0.2, 0) is 9.53 Å². The molecule has 0 saturated heterocycles. The van der Waals surface area contributed by atoms with Gasteiger partial charge in [-0.15, -0.1) is 0 Å². The highest BCUT2D eigenvalue weighted by atomic mass is 35.5. The normalized spacial score (nSPS) is 11.8. The molecule has 0 aliphatic carbocycles. The van der Waals surface area contributed by atoms with E-state index >= 15 is 0 Å². The number of hydrogen-bond donors (Lipinski definition) is 0. The Morgan fingerprint density at radius 1 is 1.06 bits per heavy atom. The number of halogens is 2. The molecule has 0 radical (unpaired) electrons. The SMILES string of the molecule is COC(=O)c1cccnc1Oc1ccc(OC(C)(C)C(=O)C(C#N)c2ccc(Cl)cc2Cl)cc1. The molecule has 2 aromatic carbocycles. The minimum absolute atomic E-state index is 0.0928. The van der Waals surface area contributed by atoms with Gasteiger partial charge in [-0.25, -0.2) is 9.78 Å². The molecule has 1 heterocycles. The van der Waals surface area contributed by atoms with Crippen molar-refractivity contribution in [2.24, 2.45) is 0 Å². The zero-order valence-electron chi connectivity index (χ0n) is 18.5. The summed E-state index contributed by atoms with van der Waals surface area (Å²) in [4.78, 5) is 29.1. The van der Waals surface area contributed by atoms with Gasteiger partial charge in [0.25, 0.3) is 0 Å². The van der Waals surface area contributed by atoms with Crippen LogP contribution in [-0.4, -0.2) is 29.4 Å². The summed E-state index contributed by atoms with van der Waals surface area (Å²) in [5, 5.41) is 10.3. The van der Waals surface area contributed by atoms with Gasteiger partial charge in [0.2, 0.25) is 5.88 Å². The van der Waals surface area contributed by atoms with Crippen LogP contribution in [0.4, 0.5) is 0 Å². The van der Waals surface area contributed by atoms with E-state index in [1.807, 2.05) is 6.07 Å². The molecule has 1 aromatic heterocycles. The molecule has 3 aromatic rings. The van der Waals surface area contributed by atoms with Crippen LogP contribution in [0.5, 0.6) is 17.4 Å². The van der Waals surface area contributed by atoms with E-state index in [-0.39, 0.29) is 16.5 Å². The molecule has 174 valence electrons. The van der Waals surface area contributed by atoms with E-state index in [0.29, 0.717) is 22.1 Å². The Balaban J connectivity index is 1.76. The number of esters is 1. The number of nitriles is 1. The van der Waals surface area contributed by atoms with E-state index in [1.165, 1.54) is 19.4 Å². The van der Waals surface area contributed by atoms with Gasteiger partial charge in [0.15, 0.2) is 11.4 Å². The monoisotopic (exact) mass is 498 g/mol. The average Bonchev–Trinajstić information content (AvgIpc) is 2.81. The zero-order chi connectivity index (χ0) is 24.9. The largest absolute Gasteiger partial charge is 0.480 e. The second-order valence-electron chi connectivity index (χ2n) is 7.63. The first kappa shape index (κ1) is 25.0. The van der Waals surface area contributed by atoms with Crippen LogP contribution in [0, 0.1) is 11.3 Å². The summed E-state index contributed by atoms with van der Waals surface area (Å²) in [5.41, 5.74) is -0.804. The molecule has 9 heteroatoms. The highest BCUT2D eigenvalue weighted by Gasteiger charge is 2.37. The van der Waals surface area contributed by atoms with Crippen molar-refractivity contribution in [2.75, 3.05) is 7.11 Å². The van der Waals surface area contributed by atoms with E-state index < -0.39 is 23.3 Å². The number of ether oxygens (including phenoxy) is 3. The van der Waals surface area contributed by atoms with Gasteiger partial charge < -0.3 is 14.2 Å². The van der Waals surface area contributed by atoms with Crippen LogP contribution >= 0.6 is 23.2 Å². The maximum Gasteiger partial charge on any atom is 0.343 e. The number of benzene rings is 2. The fraction of sp³-hybridized carbons (Fsp3) is 0.200. The summed E-state index contributed by atoms with van der Waals surface area (Å²) in [7, 11) is 1.27. The molecule has 0 fully saturated rings. The zero-order valence-corrected chi connectivity index (χ0v) is 20.1. The number of methoxy groups -OCH3 is 1. The Hall–Kier alpha value is -3.60. The van der Waals surface area contributed by atoms with Gasteiger partial charge in [0, 0.05) is 16.2 Å². The highest BCUT2D eigenvalue weighted by molar-refractivity contribution is 6.35. The highest BCUT2D eigenvalue weighted by Crippen LogP contribution is 2.33. The fourth-order valence-corrected chi connectivity index (χ4v) is 3.64. The molecule has 0 aliphatic heterocycles.